The molecule has 0 aromatic heterocycles. The van der Waals surface area contributed by atoms with E-state index in [1.807, 2.05) is 48.5 Å². The van der Waals surface area contributed by atoms with Gasteiger partial charge in [0.2, 0.25) is 18.6 Å². The Kier molecular flexibility index (Phi) is 4.29. The highest BCUT2D eigenvalue weighted by Gasteiger charge is 2.41. The molecule has 1 fully saturated rings. The summed E-state index contributed by atoms with van der Waals surface area (Å²) in [6.45, 7) is 2.97. The Morgan fingerprint density at radius 2 is 1.91 bits per heavy atom. The van der Waals surface area contributed by atoms with Crippen LogP contribution in [-0.2, 0) is 9.59 Å². The van der Waals surface area contributed by atoms with Crippen molar-refractivity contribution in [1.82, 2.24) is 5.32 Å². The van der Waals surface area contributed by atoms with Crippen LogP contribution < -0.4 is 24.6 Å². The van der Waals surface area contributed by atoms with Gasteiger partial charge in [0, 0.05) is 41.2 Å². The number of piperidine rings is 1. The Morgan fingerprint density at radius 3 is 2.73 bits per heavy atom. The molecule has 0 saturated carbocycles. The van der Waals surface area contributed by atoms with E-state index in [0.29, 0.717) is 30.0 Å². The quantitative estimate of drug-likeness (QED) is 0.621. The average molecular weight is 443 g/mol. The van der Waals surface area contributed by atoms with Crippen LogP contribution in [0.4, 0.5) is 17.1 Å². The second-order valence-corrected chi connectivity index (χ2v) is 8.26. The molecule has 166 valence electrons. The van der Waals surface area contributed by atoms with Crippen molar-refractivity contribution in [3.05, 3.63) is 54.1 Å². The van der Waals surface area contributed by atoms with Gasteiger partial charge in [0.05, 0.1) is 11.3 Å². The number of nitrogens with zero attached hydrogens (tertiary/aromatic N) is 2. The fraction of sp³-hybridized carbons (Fsp3) is 0.240. The fourth-order valence-corrected chi connectivity index (χ4v) is 5.01. The van der Waals surface area contributed by atoms with Crippen LogP contribution >= 0.6 is 0 Å². The summed E-state index contributed by atoms with van der Waals surface area (Å²) in [6.07, 6.45) is 0.525. The molecule has 0 spiro atoms. The summed E-state index contributed by atoms with van der Waals surface area (Å²) >= 11 is 0. The van der Waals surface area contributed by atoms with Crippen molar-refractivity contribution in [2.75, 3.05) is 23.1 Å². The van der Waals surface area contributed by atoms with Gasteiger partial charge in [0.1, 0.15) is 6.04 Å². The molecule has 33 heavy (non-hydrogen) atoms. The van der Waals surface area contributed by atoms with Gasteiger partial charge in [0.25, 0.3) is 5.91 Å². The van der Waals surface area contributed by atoms with Crippen LogP contribution in [0.25, 0.3) is 10.8 Å². The second-order valence-electron chi connectivity index (χ2n) is 8.26. The molecule has 0 bridgehead atoms. The molecule has 0 radical (unpaired) electrons. The van der Waals surface area contributed by atoms with Gasteiger partial charge >= 0.3 is 0 Å². The average Bonchev–Trinajstić information content (AvgIpc) is 3.39. The van der Waals surface area contributed by atoms with Gasteiger partial charge in [-0.25, -0.2) is 0 Å². The van der Waals surface area contributed by atoms with Gasteiger partial charge in [0.15, 0.2) is 11.5 Å². The maximum atomic E-state index is 13.4. The molecule has 0 aliphatic carbocycles. The number of fused-ring (bicyclic) bond motifs is 1. The Bertz CT molecular complexity index is 1350. The van der Waals surface area contributed by atoms with Crippen LogP contribution in [0.3, 0.4) is 0 Å². The van der Waals surface area contributed by atoms with E-state index in [0.717, 1.165) is 27.9 Å². The standard InChI is InChI=1S/C25H21N3O5/c1-2-27(14-6-10-20-21(12-14)33-13-32-20)17-8-7-16-23-15(17)4-3-5-18(23)28(25(16)31)19-9-11-22(29)26-24(19)30/h3-8,10,12,19H,2,9,11,13H2,1H3,(H,26,29,30). The van der Waals surface area contributed by atoms with Crippen molar-refractivity contribution in [2.24, 2.45) is 0 Å². The van der Waals surface area contributed by atoms with Gasteiger partial charge in [-0.2, -0.15) is 0 Å². The first kappa shape index (κ1) is 19.6. The molecule has 8 heteroatoms. The van der Waals surface area contributed by atoms with Crippen molar-refractivity contribution in [1.29, 1.82) is 0 Å². The highest BCUT2D eigenvalue weighted by atomic mass is 16.7. The number of hydrogen-bond acceptors (Lipinski definition) is 6. The lowest BCUT2D eigenvalue weighted by atomic mass is 10.0. The predicted octanol–water partition coefficient (Wildman–Crippen LogP) is 3.49. The van der Waals surface area contributed by atoms with E-state index in [1.165, 1.54) is 0 Å². The van der Waals surface area contributed by atoms with Crippen molar-refractivity contribution >= 4 is 45.6 Å². The molecule has 1 atom stereocenters. The number of carbonyl (C=O) groups excluding carboxylic acids is 3. The van der Waals surface area contributed by atoms with Gasteiger partial charge in [-0.05, 0) is 43.7 Å². The Labute approximate surface area is 189 Å². The summed E-state index contributed by atoms with van der Waals surface area (Å²) in [5.74, 6) is 0.480. The van der Waals surface area contributed by atoms with Gasteiger partial charge in [-0.1, -0.05) is 12.1 Å². The summed E-state index contributed by atoms with van der Waals surface area (Å²) in [6, 6.07) is 14.7. The van der Waals surface area contributed by atoms with Crippen LogP contribution in [0.1, 0.15) is 30.1 Å². The molecule has 3 aliphatic heterocycles. The minimum Gasteiger partial charge on any atom is -0.454 e. The number of hydrogen-bond donors (Lipinski definition) is 1. The van der Waals surface area contributed by atoms with E-state index in [1.54, 1.807) is 4.90 Å². The van der Waals surface area contributed by atoms with Crippen LogP contribution in [0.2, 0.25) is 0 Å². The smallest absolute Gasteiger partial charge is 0.259 e. The van der Waals surface area contributed by atoms with Gasteiger partial charge in [-0.3, -0.25) is 24.6 Å². The number of ether oxygens (including phenoxy) is 2. The first-order valence-corrected chi connectivity index (χ1v) is 11.0. The normalized spacial score (nSPS) is 18.8. The molecular weight excluding hydrogens is 422 g/mol. The number of amides is 3. The summed E-state index contributed by atoms with van der Waals surface area (Å²) in [5, 5.41) is 4.11. The predicted molar refractivity (Wildman–Crippen MR) is 122 cm³/mol. The highest BCUT2D eigenvalue weighted by molar-refractivity contribution is 6.28. The largest absolute Gasteiger partial charge is 0.454 e. The van der Waals surface area contributed by atoms with E-state index in [4.69, 9.17) is 9.47 Å². The van der Waals surface area contributed by atoms with E-state index in [-0.39, 0.29) is 25.0 Å². The molecule has 1 saturated heterocycles. The third-order valence-corrected chi connectivity index (χ3v) is 6.50. The zero-order valence-electron chi connectivity index (χ0n) is 18.0. The highest BCUT2D eigenvalue weighted by Crippen LogP contribution is 2.45. The number of benzene rings is 3. The summed E-state index contributed by atoms with van der Waals surface area (Å²) < 4.78 is 11.0. The first-order valence-electron chi connectivity index (χ1n) is 11.0. The molecule has 3 aliphatic rings. The van der Waals surface area contributed by atoms with E-state index < -0.39 is 11.9 Å². The monoisotopic (exact) mass is 443 g/mol. The van der Waals surface area contributed by atoms with Crippen molar-refractivity contribution in [3.63, 3.8) is 0 Å². The topological polar surface area (TPSA) is 88.2 Å². The molecule has 1 N–H and O–H groups in total. The SMILES string of the molecule is CCN(c1ccc2c(c1)OCO2)c1ccc2c3c(cccc13)N(C1CCC(=O)NC1=O)C2=O. The zero-order chi connectivity index (χ0) is 22.7. The molecule has 3 aromatic carbocycles. The van der Waals surface area contributed by atoms with Crippen molar-refractivity contribution in [2.45, 2.75) is 25.8 Å². The summed E-state index contributed by atoms with van der Waals surface area (Å²) in [5.41, 5.74) is 3.17. The molecule has 1 unspecified atom stereocenters. The fourth-order valence-electron chi connectivity index (χ4n) is 5.01. The molecular formula is C25H21N3O5. The number of anilines is 3. The van der Waals surface area contributed by atoms with Crippen LogP contribution in [-0.4, -0.2) is 37.1 Å². The van der Waals surface area contributed by atoms with Gasteiger partial charge in [-0.15, -0.1) is 0 Å². The van der Waals surface area contributed by atoms with Crippen molar-refractivity contribution < 1.29 is 23.9 Å². The van der Waals surface area contributed by atoms with Crippen LogP contribution in [0.5, 0.6) is 11.5 Å². The molecule has 3 aromatic rings. The number of carbonyl (C=O) groups is 3. The third-order valence-electron chi connectivity index (χ3n) is 6.50. The second kappa shape index (κ2) is 7.23. The Balaban J connectivity index is 1.47. The number of imide groups is 1. The number of nitrogens with one attached hydrogen (secondary N) is 1. The lowest BCUT2D eigenvalue weighted by molar-refractivity contribution is -0.134. The van der Waals surface area contributed by atoms with E-state index >= 15 is 0 Å². The lowest BCUT2D eigenvalue weighted by Crippen LogP contribution is -2.53. The molecule has 3 heterocycles. The first-order chi connectivity index (χ1) is 16.1. The molecule has 3 amide bonds. The molecule has 8 nitrogen and oxygen atoms in total. The van der Waals surface area contributed by atoms with E-state index in [9.17, 15) is 14.4 Å². The Morgan fingerprint density at radius 1 is 1.06 bits per heavy atom. The minimum absolute atomic E-state index is 0.212. The Hall–Kier alpha value is -4.07. The molecule has 6 rings (SSSR count). The van der Waals surface area contributed by atoms with Crippen LogP contribution in [0, 0.1) is 0 Å². The lowest BCUT2D eigenvalue weighted by Gasteiger charge is -2.30. The summed E-state index contributed by atoms with van der Waals surface area (Å²) in [4.78, 5) is 41.2. The minimum atomic E-state index is -0.701. The van der Waals surface area contributed by atoms with E-state index in [2.05, 4.69) is 17.1 Å². The maximum Gasteiger partial charge on any atom is 0.259 e. The van der Waals surface area contributed by atoms with Crippen LogP contribution in [0.15, 0.2) is 48.5 Å². The summed E-state index contributed by atoms with van der Waals surface area (Å²) in [7, 11) is 0. The van der Waals surface area contributed by atoms with Crippen molar-refractivity contribution in [3.8, 4) is 11.5 Å². The maximum absolute atomic E-state index is 13.4. The van der Waals surface area contributed by atoms with Gasteiger partial charge < -0.3 is 14.4 Å². The number of rotatable bonds is 4. The zero-order valence-corrected chi connectivity index (χ0v) is 18.0. The third kappa shape index (κ3) is 2.87.